The molecule has 0 heterocycles. The van der Waals surface area contributed by atoms with E-state index in [0.29, 0.717) is 17.2 Å². The van der Waals surface area contributed by atoms with Crippen LogP contribution in [0.15, 0.2) is 133 Å². The van der Waals surface area contributed by atoms with Crippen LogP contribution in [-0.4, -0.2) is 5.97 Å². The molecule has 218 valence electrons. The van der Waals surface area contributed by atoms with Gasteiger partial charge < -0.3 is 9.64 Å². The maximum atomic E-state index is 13.2. The van der Waals surface area contributed by atoms with Gasteiger partial charge in [-0.1, -0.05) is 99.6 Å². The Balaban J connectivity index is 1.26. The van der Waals surface area contributed by atoms with Crippen molar-refractivity contribution in [2.75, 3.05) is 4.90 Å². The zero-order chi connectivity index (χ0) is 30.6. The number of carbonyl (C=O) groups is 1. The molecular formula is C41H37NO2. The van der Waals surface area contributed by atoms with Crippen LogP contribution in [0, 0.1) is 6.92 Å². The molecule has 0 fully saturated rings. The molecule has 0 bridgehead atoms. The summed E-state index contributed by atoms with van der Waals surface area (Å²) in [6, 6.07) is 45.4. The summed E-state index contributed by atoms with van der Waals surface area (Å²) in [5, 5.41) is 2.33. The van der Waals surface area contributed by atoms with Gasteiger partial charge in [0.05, 0.1) is 11.3 Å². The standard InChI is InChI=1S/C41H37NO2/c1-5-30-16-17-34(28(2)3)27-39(30)32-20-24-37(25-21-32)44-41(43)33-18-22-35(23-19-33)42(36-13-8-10-29(4)26-36)40-15-9-12-31-11-6-7-14-38(31)40/h6-28H,5H2,1-4H3. The van der Waals surface area contributed by atoms with Crippen molar-refractivity contribution in [1.29, 1.82) is 0 Å². The molecule has 0 aliphatic rings. The molecule has 6 rings (SSSR count). The Kier molecular flexibility index (Phi) is 8.29. The van der Waals surface area contributed by atoms with E-state index in [9.17, 15) is 4.79 Å². The summed E-state index contributed by atoms with van der Waals surface area (Å²) in [5.41, 5.74) is 9.75. The van der Waals surface area contributed by atoms with Crippen molar-refractivity contribution < 1.29 is 9.53 Å². The van der Waals surface area contributed by atoms with Crippen molar-refractivity contribution in [2.45, 2.75) is 40.0 Å². The molecule has 0 N–H and O–H groups in total. The lowest BCUT2D eigenvalue weighted by Crippen LogP contribution is -2.12. The van der Waals surface area contributed by atoms with Crippen molar-refractivity contribution in [1.82, 2.24) is 0 Å². The van der Waals surface area contributed by atoms with Crippen LogP contribution in [0.3, 0.4) is 0 Å². The minimum absolute atomic E-state index is 0.382. The van der Waals surface area contributed by atoms with Gasteiger partial charge in [0.25, 0.3) is 0 Å². The van der Waals surface area contributed by atoms with Crippen LogP contribution >= 0.6 is 0 Å². The first-order valence-corrected chi connectivity index (χ1v) is 15.3. The van der Waals surface area contributed by atoms with Gasteiger partial charge in [-0.25, -0.2) is 4.79 Å². The predicted octanol–water partition coefficient (Wildman–Crippen LogP) is 11.2. The highest BCUT2D eigenvalue weighted by Gasteiger charge is 2.17. The Hall–Kier alpha value is -5.15. The smallest absolute Gasteiger partial charge is 0.343 e. The summed E-state index contributed by atoms with van der Waals surface area (Å²) in [6.07, 6.45) is 0.961. The Labute approximate surface area is 260 Å². The van der Waals surface area contributed by atoms with Gasteiger partial charge in [0.2, 0.25) is 0 Å². The quantitative estimate of drug-likeness (QED) is 0.134. The van der Waals surface area contributed by atoms with Crippen LogP contribution in [0.4, 0.5) is 17.1 Å². The second-order valence-corrected chi connectivity index (χ2v) is 11.6. The molecule has 0 unspecified atom stereocenters. The third-order valence-electron chi connectivity index (χ3n) is 8.19. The Morgan fingerprint density at radius 3 is 2.18 bits per heavy atom. The van der Waals surface area contributed by atoms with Crippen molar-refractivity contribution >= 4 is 33.8 Å². The van der Waals surface area contributed by atoms with E-state index in [1.807, 2.05) is 48.5 Å². The van der Waals surface area contributed by atoms with Crippen LogP contribution in [-0.2, 0) is 6.42 Å². The molecular weight excluding hydrogens is 538 g/mol. The SMILES string of the molecule is CCc1ccc(C(C)C)cc1-c1ccc(OC(=O)c2ccc(N(c3cccc(C)c3)c3cccc4ccccc34)cc2)cc1. The predicted molar refractivity (Wildman–Crippen MR) is 184 cm³/mol. The number of fused-ring (bicyclic) bond motifs is 1. The van der Waals surface area contributed by atoms with Gasteiger partial charge in [-0.2, -0.15) is 0 Å². The van der Waals surface area contributed by atoms with Crippen molar-refractivity contribution in [3.05, 3.63) is 156 Å². The maximum Gasteiger partial charge on any atom is 0.343 e. The molecule has 6 aromatic carbocycles. The third kappa shape index (κ3) is 6.00. The molecule has 0 aliphatic heterocycles. The van der Waals surface area contributed by atoms with Gasteiger partial charge in [-0.05, 0) is 107 Å². The monoisotopic (exact) mass is 575 g/mol. The highest BCUT2D eigenvalue weighted by molar-refractivity contribution is 5.99. The summed E-state index contributed by atoms with van der Waals surface area (Å²) in [7, 11) is 0. The molecule has 3 nitrogen and oxygen atoms in total. The molecule has 0 amide bonds. The highest BCUT2D eigenvalue weighted by Crippen LogP contribution is 2.39. The number of aryl methyl sites for hydroxylation is 2. The van der Waals surface area contributed by atoms with Crippen molar-refractivity contribution in [2.24, 2.45) is 0 Å². The summed E-state index contributed by atoms with van der Waals surface area (Å²) >= 11 is 0. The minimum Gasteiger partial charge on any atom is -0.423 e. The van der Waals surface area contributed by atoms with Gasteiger partial charge >= 0.3 is 5.97 Å². The van der Waals surface area contributed by atoms with Crippen molar-refractivity contribution in [3.63, 3.8) is 0 Å². The fourth-order valence-electron chi connectivity index (χ4n) is 5.74. The summed E-state index contributed by atoms with van der Waals surface area (Å²) in [6.45, 7) is 8.70. The number of ether oxygens (including phenoxy) is 1. The van der Waals surface area contributed by atoms with Crippen LogP contribution in [0.1, 0.15) is 53.7 Å². The first-order chi connectivity index (χ1) is 21.4. The lowest BCUT2D eigenvalue weighted by atomic mass is 9.92. The number of esters is 1. The number of hydrogen-bond donors (Lipinski definition) is 0. The van der Waals surface area contributed by atoms with Crippen molar-refractivity contribution in [3.8, 4) is 16.9 Å². The molecule has 0 atom stereocenters. The molecule has 6 aromatic rings. The molecule has 0 radical (unpaired) electrons. The lowest BCUT2D eigenvalue weighted by Gasteiger charge is -2.27. The summed E-state index contributed by atoms with van der Waals surface area (Å²) in [5.74, 6) is 0.604. The first-order valence-electron chi connectivity index (χ1n) is 15.3. The van der Waals surface area contributed by atoms with E-state index in [1.165, 1.54) is 27.6 Å². The van der Waals surface area contributed by atoms with Gasteiger partial charge in [-0.15, -0.1) is 0 Å². The van der Waals surface area contributed by atoms with E-state index < -0.39 is 0 Å². The largest absolute Gasteiger partial charge is 0.423 e. The summed E-state index contributed by atoms with van der Waals surface area (Å²) < 4.78 is 5.80. The van der Waals surface area contributed by atoms with Gasteiger partial charge in [0.1, 0.15) is 5.75 Å². The Bertz CT molecular complexity index is 1920. The maximum absolute atomic E-state index is 13.2. The number of hydrogen-bond acceptors (Lipinski definition) is 3. The lowest BCUT2D eigenvalue weighted by molar-refractivity contribution is 0.0735. The van der Waals surface area contributed by atoms with Crippen LogP contribution < -0.4 is 9.64 Å². The molecule has 44 heavy (non-hydrogen) atoms. The second-order valence-electron chi connectivity index (χ2n) is 11.6. The molecule has 0 saturated carbocycles. The minimum atomic E-state index is -0.382. The van der Waals surface area contributed by atoms with E-state index in [1.54, 1.807) is 0 Å². The number of carbonyl (C=O) groups excluding carboxylic acids is 1. The molecule has 3 heteroatoms. The second kappa shape index (κ2) is 12.6. The number of benzene rings is 6. The van der Waals surface area contributed by atoms with E-state index in [4.69, 9.17) is 4.74 Å². The molecule has 0 spiro atoms. The average Bonchev–Trinajstić information content (AvgIpc) is 3.05. The molecule has 0 saturated heterocycles. The van der Waals surface area contributed by atoms with E-state index >= 15 is 0 Å². The van der Waals surface area contributed by atoms with Crippen LogP contribution in [0.5, 0.6) is 5.75 Å². The van der Waals surface area contributed by atoms with E-state index in [-0.39, 0.29) is 5.97 Å². The Morgan fingerprint density at radius 1 is 0.727 bits per heavy atom. The van der Waals surface area contributed by atoms with E-state index in [0.717, 1.165) is 34.4 Å². The van der Waals surface area contributed by atoms with E-state index in [2.05, 4.69) is 118 Å². The first kappa shape index (κ1) is 28.9. The fraction of sp³-hybridized carbons (Fsp3) is 0.146. The third-order valence-corrected chi connectivity index (χ3v) is 8.19. The molecule has 0 aromatic heterocycles. The number of nitrogens with zero attached hydrogens (tertiary/aromatic N) is 1. The van der Waals surface area contributed by atoms with Gasteiger partial charge in [0.15, 0.2) is 0 Å². The topological polar surface area (TPSA) is 29.5 Å². The van der Waals surface area contributed by atoms with Gasteiger partial charge in [0, 0.05) is 16.8 Å². The Morgan fingerprint density at radius 2 is 1.45 bits per heavy atom. The fourth-order valence-corrected chi connectivity index (χ4v) is 5.74. The number of anilines is 3. The normalized spacial score (nSPS) is 11.1. The highest BCUT2D eigenvalue weighted by atomic mass is 16.5. The molecule has 0 aliphatic carbocycles. The number of rotatable bonds is 8. The average molecular weight is 576 g/mol. The zero-order valence-electron chi connectivity index (χ0n) is 25.7. The van der Waals surface area contributed by atoms with Gasteiger partial charge in [-0.3, -0.25) is 0 Å². The van der Waals surface area contributed by atoms with Crippen LogP contribution in [0.2, 0.25) is 0 Å². The summed E-state index contributed by atoms with van der Waals surface area (Å²) in [4.78, 5) is 15.4. The van der Waals surface area contributed by atoms with Crippen LogP contribution in [0.25, 0.3) is 21.9 Å². The zero-order valence-corrected chi connectivity index (χ0v) is 25.7.